The first-order valence-corrected chi connectivity index (χ1v) is 11.8. The number of ether oxygens (including phenoxy) is 1. The predicted molar refractivity (Wildman–Crippen MR) is 134 cm³/mol. The Morgan fingerprint density at radius 1 is 1.03 bits per heavy atom. The van der Waals surface area contributed by atoms with Gasteiger partial charge in [-0.05, 0) is 74.9 Å². The van der Waals surface area contributed by atoms with Gasteiger partial charge < -0.3 is 19.3 Å². The van der Waals surface area contributed by atoms with Crippen LogP contribution in [0.1, 0.15) is 70.9 Å². The average Bonchev–Trinajstić information content (AvgIpc) is 3.41. The second-order valence-corrected chi connectivity index (χ2v) is 10.3. The number of carbonyl (C=O) groups is 2. The van der Waals surface area contributed by atoms with E-state index in [2.05, 4.69) is 4.98 Å². The van der Waals surface area contributed by atoms with Crippen LogP contribution in [0.5, 0.6) is 0 Å². The molecule has 1 amide bonds. The monoisotopic (exact) mass is 475 g/mol. The van der Waals surface area contributed by atoms with Gasteiger partial charge in [-0.25, -0.2) is 9.78 Å². The molecule has 1 aliphatic rings. The summed E-state index contributed by atoms with van der Waals surface area (Å²) in [7, 11) is 1.80. The molecular weight excluding hydrogens is 442 g/mol. The van der Waals surface area contributed by atoms with E-state index in [1.165, 1.54) is 0 Å². The maximum Gasteiger partial charge on any atom is 0.337 e. The number of carboxylic acid groups (broad SMARTS) is 1. The highest BCUT2D eigenvalue weighted by molar-refractivity contribution is 5.92. The summed E-state index contributed by atoms with van der Waals surface area (Å²) >= 11 is 0. The van der Waals surface area contributed by atoms with E-state index in [9.17, 15) is 14.7 Å². The molecule has 1 N–H and O–H groups in total. The van der Waals surface area contributed by atoms with Gasteiger partial charge in [-0.1, -0.05) is 29.8 Å². The number of rotatable bonds is 5. The zero-order valence-corrected chi connectivity index (χ0v) is 21.5. The second-order valence-electron chi connectivity index (χ2n) is 10.3. The molecule has 35 heavy (non-hydrogen) atoms. The zero-order chi connectivity index (χ0) is 25.7. The average molecular weight is 476 g/mol. The number of amides is 1. The fourth-order valence-electron chi connectivity index (χ4n) is 4.88. The lowest BCUT2D eigenvalue weighted by atomic mass is 9.83. The van der Waals surface area contributed by atoms with Crippen LogP contribution in [0.2, 0.25) is 0 Å². The van der Waals surface area contributed by atoms with Gasteiger partial charge in [0, 0.05) is 38.1 Å². The summed E-state index contributed by atoms with van der Waals surface area (Å²) in [5.74, 6) is -0.798. The van der Waals surface area contributed by atoms with Crippen LogP contribution in [0.25, 0.3) is 11.1 Å². The number of hydrogen-bond acceptors (Lipinski definition) is 4. The number of imidazole rings is 1. The summed E-state index contributed by atoms with van der Waals surface area (Å²) < 4.78 is 7.84. The molecule has 2 aromatic carbocycles. The van der Waals surface area contributed by atoms with Gasteiger partial charge in [-0.2, -0.15) is 0 Å². The summed E-state index contributed by atoms with van der Waals surface area (Å²) in [4.78, 5) is 31.8. The smallest absolute Gasteiger partial charge is 0.337 e. The van der Waals surface area contributed by atoms with Crippen molar-refractivity contribution in [1.29, 1.82) is 0 Å². The highest BCUT2D eigenvalue weighted by Crippen LogP contribution is 2.43. The van der Waals surface area contributed by atoms with E-state index in [4.69, 9.17) is 4.74 Å². The minimum absolute atomic E-state index is 0.147. The van der Waals surface area contributed by atoms with Crippen LogP contribution in [0, 0.1) is 20.8 Å². The molecule has 1 atom stereocenters. The van der Waals surface area contributed by atoms with E-state index in [0.29, 0.717) is 24.5 Å². The van der Waals surface area contributed by atoms with Gasteiger partial charge in [-0.3, -0.25) is 4.79 Å². The molecule has 1 aliphatic heterocycles. The third kappa shape index (κ3) is 4.60. The lowest BCUT2D eigenvalue weighted by Gasteiger charge is -2.29. The predicted octanol–water partition coefficient (Wildman–Crippen LogP) is 5.11. The van der Waals surface area contributed by atoms with Crippen molar-refractivity contribution in [2.24, 2.45) is 7.05 Å². The molecule has 0 radical (unpaired) electrons. The molecule has 1 aromatic heterocycles. The van der Waals surface area contributed by atoms with Crippen molar-refractivity contribution in [2.75, 3.05) is 0 Å². The Labute approximate surface area is 206 Å². The maximum atomic E-state index is 13.3. The minimum Gasteiger partial charge on any atom is -0.479 e. The third-order valence-corrected chi connectivity index (χ3v) is 6.61. The highest BCUT2D eigenvalue weighted by Gasteiger charge is 2.37. The standard InChI is InChI=1S/C28H33N3O4/c1-16-8-10-19(11-9-16)22-17(2)20-14-31(26(32)25-29-12-13-30(25)7)15-21(20)18(3)23(22)24(27(33)34)35-28(4,5)6/h8-13,24H,14-15H2,1-7H3,(H,33,34). The first-order chi connectivity index (χ1) is 16.4. The fourth-order valence-corrected chi connectivity index (χ4v) is 4.88. The van der Waals surface area contributed by atoms with Crippen molar-refractivity contribution in [2.45, 2.75) is 66.3 Å². The number of fused-ring (bicyclic) bond motifs is 1. The number of hydrogen-bond donors (Lipinski definition) is 1. The Morgan fingerprint density at radius 3 is 2.14 bits per heavy atom. The van der Waals surface area contributed by atoms with Gasteiger partial charge >= 0.3 is 5.97 Å². The lowest BCUT2D eigenvalue weighted by Crippen LogP contribution is -2.29. The van der Waals surface area contributed by atoms with Crippen molar-refractivity contribution in [3.8, 4) is 11.1 Å². The number of carboxylic acids is 1. The van der Waals surface area contributed by atoms with Crippen LogP contribution in [-0.4, -0.2) is 37.0 Å². The van der Waals surface area contributed by atoms with Crippen LogP contribution >= 0.6 is 0 Å². The molecule has 0 bridgehead atoms. The SMILES string of the molecule is Cc1ccc(-c2c(C)c3c(c(C)c2C(OC(C)(C)C)C(=O)O)CN(C(=O)c2nccn2C)C3)cc1. The molecule has 2 heterocycles. The summed E-state index contributed by atoms with van der Waals surface area (Å²) in [6.45, 7) is 12.4. The van der Waals surface area contributed by atoms with Gasteiger partial charge in [0.05, 0.1) is 5.60 Å². The van der Waals surface area contributed by atoms with Crippen LogP contribution in [0.3, 0.4) is 0 Å². The Hall–Kier alpha value is -3.45. The topological polar surface area (TPSA) is 84.7 Å². The normalized spacial score (nSPS) is 14.2. The van der Waals surface area contributed by atoms with Gasteiger partial charge in [0.1, 0.15) is 0 Å². The number of nitrogens with zero attached hydrogens (tertiary/aromatic N) is 3. The van der Waals surface area contributed by atoms with Gasteiger partial charge in [-0.15, -0.1) is 0 Å². The van der Waals surface area contributed by atoms with Gasteiger partial charge in [0.2, 0.25) is 0 Å². The quantitative estimate of drug-likeness (QED) is 0.554. The van der Waals surface area contributed by atoms with Crippen molar-refractivity contribution < 1.29 is 19.4 Å². The molecule has 7 heteroatoms. The molecule has 184 valence electrons. The highest BCUT2D eigenvalue weighted by atomic mass is 16.5. The number of aromatic nitrogens is 2. The van der Waals surface area contributed by atoms with Crippen molar-refractivity contribution in [3.63, 3.8) is 0 Å². The second kappa shape index (κ2) is 8.96. The molecule has 0 spiro atoms. The number of aryl methyl sites for hydroxylation is 2. The van der Waals surface area contributed by atoms with E-state index in [0.717, 1.165) is 38.9 Å². The minimum atomic E-state index is -1.14. The van der Waals surface area contributed by atoms with Crippen molar-refractivity contribution >= 4 is 11.9 Å². The first kappa shape index (κ1) is 24.7. The van der Waals surface area contributed by atoms with E-state index >= 15 is 0 Å². The fraction of sp³-hybridized carbons (Fsp3) is 0.393. The molecule has 4 rings (SSSR count). The number of benzene rings is 2. The van der Waals surface area contributed by atoms with Crippen LogP contribution in [-0.2, 0) is 29.7 Å². The van der Waals surface area contributed by atoms with E-state index < -0.39 is 17.7 Å². The summed E-state index contributed by atoms with van der Waals surface area (Å²) in [5, 5.41) is 10.3. The molecule has 3 aromatic rings. The number of aliphatic carboxylic acids is 1. The Kier molecular flexibility index (Phi) is 6.32. The van der Waals surface area contributed by atoms with Crippen LogP contribution in [0.15, 0.2) is 36.7 Å². The molecule has 0 fully saturated rings. The summed E-state index contributed by atoms with van der Waals surface area (Å²) in [5.41, 5.74) is 6.79. The Balaban J connectivity index is 1.91. The van der Waals surface area contributed by atoms with Gasteiger partial charge in [0.15, 0.2) is 11.9 Å². The molecule has 0 saturated heterocycles. The molecular formula is C28H33N3O4. The molecule has 7 nitrogen and oxygen atoms in total. The Morgan fingerprint density at radius 2 is 1.63 bits per heavy atom. The Bertz CT molecular complexity index is 1300. The number of carbonyl (C=O) groups excluding carboxylic acids is 1. The molecule has 1 unspecified atom stereocenters. The van der Waals surface area contributed by atoms with Crippen LogP contribution in [0.4, 0.5) is 0 Å². The molecule has 0 aliphatic carbocycles. The van der Waals surface area contributed by atoms with E-state index in [-0.39, 0.29) is 5.91 Å². The van der Waals surface area contributed by atoms with Crippen molar-refractivity contribution in [3.05, 3.63) is 75.9 Å². The summed E-state index contributed by atoms with van der Waals surface area (Å²) in [6, 6.07) is 8.10. The van der Waals surface area contributed by atoms with Gasteiger partial charge in [0.25, 0.3) is 5.91 Å². The lowest BCUT2D eigenvalue weighted by molar-refractivity contribution is -0.160. The van der Waals surface area contributed by atoms with Crippen molar-refractivity contribution in [1.82, 2.24) is 14.5 Å². The third-order valence-electron chi connectivity index (χ3n) is 6.61. The van der Waals surface area contributed by atoms with E-state index in [1.54, 1.807) is 28.9 Å². The van der Waals surface area contributed by atoms with E-state index in [1.807, 2.05) is 65.8 Å². The van der Waals surface area contributed by atoms with Crippen LogP contribution < -0.4 is 0 Å². The largest absolute Gasteiger partial charge is 0.479 e. The summed E-state index contributed by atoms with van der Waals surface area (Å²) in [6.07, 6.45) is 2.22. The molecule has 0 saturated carbocycles. The maximum absolute atomic E-state index is 13.3. The first-order valence-electron chi connectivity index (χ1n) is 11.8. The zero-order valence-electron chi connectivity index (χ0n) is 21.5.